The first-order chi connectivity index (χ1) is 13.6. The van der Waals surface area contributed by atoms with E-state index in [2.05, 4.69) is 25.3 Å². The molecule has 1 aliphatic rings. The lowest BCUT2D eigenvalue weighted by Gasteiger charge is -2.21. The van der Waals surface area contributed by atoms with Crippen molar-refractivity contribution in [2.75, 3.05) is 23.3 Å². The number of amides is 1. The minimum absolute atomic E-state index is 0.117. The molecule has 7 heteroatoms. The van der Waals surface area contributed by atoms with Crippen molar-refractivity contribution in [1.82, 2.24) is 19.7 Å². The summed E-state index contributed by atoms with van der Waals surface area (Å²) in [5.74, 6) is 0.807. The quantitative estimate of drug-likeness (QED) is 0.752. The third-order valence-electron chi connectivity index (χ3n) is 5.49. The summed E-state index contributed by atoms with van der Waals surface area (Å²) >= 11 is 0. The minimum Gasteiger partial charge on any atom is -0.356 e. The summed E-state index contributed by atoms with van der Waals surface area (Å²) in [6.07, 6.45) is 8.24. The van der Waals surface area contributed by atoms with Gasteiger partial charge in [0.25, 0.3) is 0 Å². The Morgan fingerprint density at radius 1 is 1.11 bits per heavy atom. The summed E-state index contributed by atoms with van der Waals surface area (Å²) in [5.41, 5.74) is 3.76. The first-order valence-corrected chi connectivity index (χ1v) is 9.91. The summed E-state index contributed by atoms with van der Waals surface area (Å²) in [7, 11) is 0. The highest BCUT2D eigenvalue weighted by Crippen LogP contribution is 2.25. The Balaban J connectivity index is 1.55. The average Bonchev–Trinajstić information content (AvgIpc) is 2.91. The van der Waals surface area contributed by atoms with Crippen LogP contribution in [0.4, 0.5) is 11.5 Å². The van der Waals surface area contributed by atoms with Crippen LogP contribution < -0.4 is 10.2 Å². The molecule has 146 valence electrons. The molecule has 3 aromatic rings. The normalized spacial score (nSPS) is 14.9. The Bertz CT molecular complexity index is 988. The molecule has 0 bridgehead atoms. The Hall–Kier alpha value is -2.96. The Morgan fingerprint density at radius 2 is 1.89 bits per heavy atom. The summed E-state index contributed by atoms with van der Waals surface area (Å²) in [4.78, 5) is 23.8. The third-order valence-corrected chi connectivity index (χ3v) is 5.49. The van der Waals surface area contributed by atoms with Crippen LogP contribution in [0.1, 0.15) is 36.8 Å². The first kappa shape index (κ1) is 18.4. The van der Waals surface area contributed by atoms with Gasteiger partial charge >= 0.3 is 0 Å². The number of benzene rings is 1. The van der Waals surface area contributed by atoms with Crippen LogP contribution in [0.15, 0.2) is 30.7 Å². The van der Waals surface area contributed by atoms with Crippen molar-refractivity contribution < 1.29 is 4.79 Å². The predicted octanol–water partition coefficient (Wildman–Crippen LogP) is 3.46. The van der Waals surface area contributed by atoms with Gasteiger partial charge in [-0.2, -0.15) is 5.10 Å². The lowest BCUT2D eigenvalue weighted by atomic mass is 10.1. The first-order valence-electron chi connectivity index (χ1n) is 9.91. The molecule has 0 radical (unpaired) electrons. The molecule has 7 nitrogen and oxygen atoms in total. The fourth-order valence-electron chi connectivity index (χ4n) is 3.74. The number of aryl methyl sites for hydroxylation is 1. The van der Waals surface area contributed by atoms with E-state index in [1.807, 2.05) is 32.0 Å². The molecule has 2 aromatic heterocycles. The molecular weight excluding hydrogens is 352 g/mol. The van der Waals surface area contributed by atoms with Crippen molar-refractivity contribution in [3.63, 3.8) is 0 Å². The van der Waals surface area contributed by atoms with Gasteiger partial charge in [0.1, 0.15) is 18.7 Å². The number of hydrogen-bond acceptors (Lipinski definition) is 5. The molecule has 4 rings (SSSR count). The molecule has 0 saturated carbocycles. The number of nitrogens with one attached hydrogen (secondary N) is 1. The summed E-state index contributed by atoms with van der Waals surface area (Å²) in [6.45, 7) is 6.17. The number of fused-ring (bicyclic) bond motifs is 1. The highest BCUT2D eigenvalue weighted by Gasteiger charge is 2.18. The van der Waals surface area contributed by atoms with Gasteiger partial charge in [0.05, 0.1) is 11.6 Å². The lowest BCUT2D eigenvalue weighted by Crippen LogP contribution is -2.25. The molecule has 0 spiro atoms. The molecule has 0 unspecified atom stereocenters. The minimum atomic E-state index is -0.117. The maximum Gasteiger partial charge on any atom is 0.246 e. The van der Waals surface area contributed by atoms with Gasteiger partial charge in [0, 0.05) is 18.8 Å². The maximum absolute atomic E-state index is 12.6. The highest BCUT2D eigenvalue weighted by atomic mass is 16.2. The van der Waals surface area contributed by atoms with E-state index >= 15 is 0 Å². The fraction of sp³-hybridized carbons (Fsp3) is 0.429. The second-order valence-corrected chi connectivity index (χ2v) is 7.43. The zero-order valence-corrected chi connectivity index (χ0v) is 16.5. The molecule has 1 aliphatic heterocycles. The largest absolute Gasteiger partial charge is 0.356 e. The van der Waals surface area contributed by atoms with E-state index in [1.165, 1.54) is 25.7 Å². The molecule has 1 N–H and O–H groups in total. The van der Waals surface area contributed by atoms with E-state index in [9.17, 15) is 4.79 Å². The van der Waals surface area contributed by atoms with Crippen molar-refractivity contribution in [1.29, 1.82) is 0 Å². The molecule has 28 heavy (non-hydrogen) atoms. The van der Waals surface area contributed by atoms with E-state index < -0.39 is 0 Å². The Kier molecular flexibility index (Phi) is 5.23. The number of carbonyl (C=O) groups is 1. The fourth-order valence-corrected chi connectivity index (χ4v) is 3.74. The second kappa shape index (κ2) is 7.96. The lowest BCUT2D eigenvalue weighted by molar-refractivity contribution is -0.116. The van der Waals surface area contributed by atoms with Crippen molar-refractivity contribution in [2.45, 2.75) is 46.1 Å². The molecule has 1 amide bonds. The van der Waals surface area contributed by atoms with Crippen LogP contribution in [-0.4, -0.2) is 38.7 Å². The van der Waals surface area contributed by atoms with E-state index in [-0.39, 0.29) is 12.5 Å². The Morgan fingerprint density at radius 3 is 2.68 bits per heavy atom. The Labute approximate surface area is 164 Å². The van der Waals surface area contributed by atoms with Crippen molar-refractivity contribution in [2.24, 2.45) is 0 Å². The van der Waals surface area contributed by atoms with Gasteiger partial charge in [0.2, 0.25) is 5.91 Å². The van der Waals surface area contributed by atoms with Crippen molar-refractivity contribution in [3.8, 4) is 0 Å². The predicted molar refractivity (Wildman–Crippen MR) is 111 cm³/mol. The number of aromatic nitrogens is 4. The molecule has 1 fully saturated rings. The van der Waals surface area contributed by atoms with Gasteiger partial charge in [-0.15, -0.1) is 0 Å². The number of rotatable bonds is 4. The molecule has 0 atom stereocenters. The summed E-state index contributed by atoms with van der Waals surface area (Å²) in [6, 6.07) is 5.90. The third kappa shape index (κ3) is 3.69. The maximum atomic E-state index is 12.6. The monoisotopic (exact) mass is 378 g/mol. The van der Waals surface area contributed by atoms with Crippen LogP contribution in [0.25, 0.3) is 11.0 Å². The van der Waals surface area contributed by atoms with Gasteiger partial charge in [0.15, 0.2) is 5.65 Å². The zero-order valence-electron chi connectivity index (χ0n) is 16.5. The van der Waals surface area contributed by atoms with Gasteiger partial charge in [-0.05, 0) is 43.9 Å². The highest BCUT2D eigenvalue weighted by molar-refractivity contribution is 5.93. The van der Waals surface area contributed by atoms with Crippen LogP contribution in [0.2, 0.25) is 0 Å². The van der Waals surface area contributed by atoms with E-state index in [0.29, 0.717) is 5.65 Å². The summed E-state index contributed by atoms with van der Waals surface area (Å²) < 4.78 is 1.65. The van der Waals surface area contributed by atoms with Gasteiger partial charge < -0.3 is 10.2 Å². The number of hydrogen-bond donors (Lipinski definition) is 1. The van der Waals surface area contributed by atoms with Crippen LogP contribution in [0.5, 0.6) is 0 Å². The van der Waals surface area contributed by atoms with Crippen LogP contribution in [0, 0.1) is 13.8 Å². The molecular formula is C21H26N6O. The molecule has 1 saturated heterocycles. The second-order valence-electron chi connectivity index (χ2n) is 7.43. The number of nitrogens with zero attached hydrogens (tertiary/aromatic N) is 5. The van der Waals surface area contributed by atoms with Crippen LogP contribution in [0.3, 0.4) is 0 Å². The van der Waals surface area contributed by atoms with Crippen molar-refractivity contribution in [3.05, 3.63) is 41.9 Å². The van der Waals surface area contributed by atoms with Gasteiger partial charge in [-0.1, -0.05) is 25.0 Å². The van der Waals surface area contributed by atoms with E-state index in [4.69, 9.17) is 0 Å². The number of carbonyl (C=O) groups excluding carboxylic acids is 1. The topological polar surface area (TPSA) is 75.9 Å². The van der Waals surface area contributed by atoms with E-state index in [1.54, 1.807) is 17.2 Å². The molecule has 3 heterocycles. The van der Waals surface area contributed by atoms with Crippen molar-refractivity contribution >= 4 is 28.4 Å². The van der Waals surface area contributed by atoms with Crippen LogP contribution in [-0.2, 0) is 11.3 Å². The van der Waals surface area contributed by atoms with Gasteiger partial charge in [-0.25, -0.2) is 14.6 Å². The SMILES string of the molecule is Cc1cccc(NC(=O)Cn2ncc3c(N4CCCCCC4)ncnc32)c1C. The van der Waals surface area contributed by atoms with Crippen LogP contribution >= 0.6 is 0 Å². The van der Waals surface area contributed by atoms with E-state index in [0.717, 1.165) is 41.1 Å². The molecule has 1 aromatic carbocycles. The smallest absolute Gasteiger partial charge is 0.246 e. The zero-order chi connectivity index (χ0) is 19.5. The standard InChI is InChI=1S/C21H26N6O/c1-15-8-7-9-18(16(15)2)25-19(28)13-27-21-17(12-24-27)20(22-14-23-21)26-10-5-3-4-6-11-26/h7-9,12,14H,3-6,10-11,13H2,1-2H3,(H,25,28). The van der Waals surface area contributed by atoms with Gasteiger partial charge in [-0.3, -0.25) is 4.79 Å². The summed E-state index contributed by atoms with van der Waals surface area (Å²) in [5, 5.41) is 8.32. The average molecular weight is 378 g/mol. The molecule has 0 aliphatic carbocycles. The number of anilines is 2.